The van der Waals surface area contributed by atoms with Gasteiger partial charge in [-0.1, -0.05) is 12.1 Å². The van der Waals surface area contributed by atoms with Gasteiger partial charge >= 0.3 is 5.97 Å². The number of sulfonamides is 1. The molecule has 0 aliphatic carbocycles. The summed E-state index contributed by atoms with van der Waals surface area (Å²) in [6, 6.07) is 5.50. The van der Waals surface area contributed by atoms with Crippen molar-refractivity contribution < 1.29 is 23.1 Å². The lowest BCUT2D eigenvalue weighted by atomic mass is 10.0. The van der Waals surface area contributed by atoms with Crippen LogP contribution in [0.5, 0.6) is 0 Å². The van der Waals surface area contributed by atoms with Crippen LogP contribution >= 0.6 is 0 Å². The van der Waals surface area contributed by atoms with E-state index >= 15 is 0 Å². The van der Waals surface area contributed by atoms with Gasteiger partial charge in [0.2, 0.25) is 10.0 Å². The van der Waals surface area contributed by atoms with Crippen LogP contribution in [-0.2, 0) is 14.8 Å². The molecule has 7 heteroatoms. The number of hydrogen-bond donors (Lipinski definition) is 2. The number of carbonyl (C=O) groups is 1. The Morgan fingerprint density at radius 1 is 1.39 bits per heavy atom. The Bertz CT molecular complexity index is 577. The molecule has 2 N–H and O–H groups in total. The first kappa shape index (κ1) is 13.0. The highest BCUT2D eigenvalue weighted by Crippen LogP contribution is 2.22. The van der Waals surface area contributed by atoms with Crippen LogP contribution in [0.4, 0.5) is 0 Å². The fraction of sp³-hybridized carbons (Fsp3) is 0.364. The number of benzene rings is 1. The van der Waals surface area contributed by atoms with Crippen molar-refractivity contribution in [3.63, 3.8) is 0 Å². The monoisotopic (exact) mass is 271 g/mol. The van der Waals surface area contributed by atoms with Crippen LogP contribution in [0.25, 0.3) is 0 Å². The Balaban J connectivity index is 2.38. The Kier molecular flexibility index (Phi) is 3.14. The van der Waals surface area contributed by atoms with E-state index in [0.717, 1.165) is 0 Å². The van der Waals surface area contributed by atoms with Crippen LogP contribution in [0, 0.1) is 0 Å². The van der Waals surface area contributed by atoms with E-state index in [1.54, 1.807) is 6.92 Å². The molecule has 0 bridgehead atoms. The van der Waals surface area contributed by atoms with Crippen molar-refractivity contribution in [3.05, 3.63) is 29.8 Å². The number of carboxylic acid groups (broad SMARTS) is 1. The van der Waals surface area contributed by atoms with Gasteiger partial charge in [-0.25, -0.2) is 17.9 Å². The first-order valence-electron chi connectivity index (χ1n) is 5.28. The van der Waals surface area contributed by atoms with Gasteiger partial charge in [0.25, 0.3) is 0 Å². The normalized spacial score (nSPS) is 18.1. The van der Waals surface area contributed by atoms with E-state index < -0.39 is 21.5 Å². The van der Waals surface area contributed by atoms with Crippen LogP contribution in [0.2, 0.25) is 0 Å². The first-order chi connectivity index (χ1) is 8.34. The topological polar surface area (TPSA) is 92.7 Å². The van der Waals surface area contributed by atoms with E-state index in [2.05, 4.69) is 4.72 Å². The molecule has 2 rings (SSSR count). The third-order valence-corrected chi connectivity index (χ3v) is 4.33. The van der Waals surface area contributed by atoms with Crippen molar-refractivity contribution in [2.45, 2.75) is 17.4 Å². The Morgan fingerprint density at radius 2 is 2.00 bits per heavy atom. The Morgan fingerprint density at radius 3 is 2.50 bits per heavy atom. The maximum atomic E-state index is 12.1. The number of ether oxygens (including phenoxy) is 1. The average Bonchev–Trinajstić information content (AvgIpc) is 2.26. The quantitative estimate of drug-likeness (QED) is 0.829. The molecule has 18 heavy (non-hydrogen) atoms. The zero-order chi connectivity index (χ0) is 13.4. The molecule has 1 aromatic carbocycles. The van der Waals surface area contributed by atoms with E-state index in [9.17, 15) is 13.2 Å². The maximum absolute atomic E-state index is 12.1. The Hall–Kier alpha value is -1.44. The van der Waals surface area contributed by atoms with Gasteiger partial charge in [0.1, 0.15) is 0 Å². The van der Waals surface area contributed by atoms with Crippen molar-refractivity contribution in [1.82, 2.24) is 4.72 Å². The highest BCUT2D eigenvalue weighted by molar-refractivity contribution is 7.89. The molecule has 0 radical (unpaired) electrons. The highest BCUT2D eigenvalue weighted by atomic mass is 32.2. The lowest BCUT2D eigenvalue weighted by Gasteiger charge is -2.38. The van der Waals surface area contributed by atoms with Crippen LogP contribution in [0.3, 0.4) is 0 Å². The molecular formula is C11H13NO5S. The van der Waals surface area contributed by atoms with E-state index in [0.29, 0.717) is 0 Å². The number of hydrogen-bond acceptors (Lipinski definition) is 4. The molecule has 1 heterocycles. The molecule has 1 aromatic rings. The molecule has 0 spiro atoms. The van der Waals surface area contributed by atoms with Crippen LogP contribution in [-0.4, -0.2) is 38.2 Å². The second-order valence-corrected chi connectivity index (χ2v) is 6.11. The summed E-state index contributed by atoms with van der Waals surface area (Å²) in [6.07, 6.45) is 0. The fourth-order valence-electron chi connectivity index (χ4n) is 1.72. The summed E-state index contributed by atoms with van der Waals surface area (Å²) >= 11 is 0. The molecule has 0 aromatic heterocycles. The molecule has 1 aliphatic rings. The smallest absolute Gasteiger partial charge is 0.337 e. The van der Waals surface area contributed by atoms with Crippen LogP contribution < -0.4 is 4.72 Å². The van der Waals surface area contributed by atoms with Gasteiger partial charge in [0.15, 0.2) is 0 Å². The van der Waals surface area contributed by atoms with Gasteiger partial charge in [-0.2, -0.15) is 0 Å². The highest BCUT2D eigenvalue weighted by Gasteiger charge is 2.38. The third kappa shape index (κ3) is 2.38. The molecule has 0 unspecified atom stereocenters. The second kappa shape index (κ2) is 4.34. The number of nitrogens with one attached hydrogen (secondary N) is 1. The third-order valence-electron chi connectivity index (χ3n) is 2.63. The molecule has 1 aliphatic heterocycles. The average molecular weight is 271 g/mol. The largest absolute Gasteiger partial charge is 0.478 e. The molecule has 0 atom stereocenters. The molecule has 0 amide bonds. The van der Waals surface area contributed by atoms with Crippen molar-refractivity contribution in [1.29, 1.82) is 0 Å². The minimum absolute atomic E-state index is 0.231. The van der Waals surface area contributed by atoms with Crippen LogP contribution in [0.1, 0.15) is 17.3 Å². The summed E-state index contributed by atoms with van der Waals surface area (Å²) in [4.78, 5) is 10.8. The predicted molar refractivity (Wildman–Crippen MR) is 62.9 cm³/mol. The minimum Gasteiger partial charge on any atom is -0.478 e. The van der Waals surface area contributed by atoms with E-state index in [1.807, 2.05) is 0 Å². The van der Waals surface area contributed by atoms with Gasteiger partial charge in [-0.15, -0.1) is 0 Å². The van der Waals surface area contributed by atoms with Gasteiger partial charge in [0.05, 0.1) is 29.2 Å². The first-order valence-corrected chi connectivity index (χ1v) is 6.76. The number of carboxylic acids is 1. The molecular weight excluding hydrogens is 258 g/mol. The maximum Gasteiger partial charge on any atom is 0.337 e. The summed E-state index contributed by atoms with van der Waals surface area (Å²) in [5.74, 6) is -1.27. The number of rotatable bonds is 4. The van der Waals surface area contributed by atoms with Gasteiger partial charge in [0, 0.05) is 0 Å². The summed E-state index contributed by atoms with van der Waals surface area (Å²) in [6.45, 7) is 2.26. The van der Waals surface area contributed by atoms with Crippen molar-refractivity contribution in [2.75, 3.05) is 13.2 Å². The molecule has 1 saturated heterocycles. The predicted octanol–water partition coefficient (Wildman–Crippen LogP) is 0.452. The van der Waals surface area contributed by atoms with Crippen LogP contribution in [0.15, 0.2) is 29.2 Å². The van der Waals surface area contributed by atoms with E-state index in [-0.39, 0.29) is 23.7 Å². The minimum atomic E-state index is -3.87. The lowest BCUT2D eigenvalue weighted by Crippen LogP contribution is -2.59. The number of aromatic carboxylic acids is 1. The molecule has 98 valence electrons. The van der Waals surface area contributed by atoms with Gasteiger partial charge in [-0.3, -0.25) is 0 Å². The van der Waals surface area contributed by atoms with Crippen molar-refractivity contribution in [3.8, 4) is 0 Å². The molecule has 6 nitrogen and oxygen atoms in total. The zero-order valence-electron chi connectivity index (χ0n) is 9.71. The molecule has 0 saturated carbocycles. The molecule has 1 fully saturated rings. The summed E-state index contributed by atoms with van der Waals surface area (Å²) in [7, 11) is -3.87. The van der Waals surface area contributed by atoms with Gasteiger partial charge < -0.3 is 9.84 Å². The Labute approximate surface area is 105 Å². The van der Waals surface area contributed by atoms with E-state index in [4.69, 9.17) is 9.84 Å². The van der Waals surface area contributed by atoms with Crippen molar-refractivity contribution >= 4 is 16.0 Å². The summed E-state index contributed by atoms with van der Waals surface area (Å²) < 4.78 is 31.7. The SMILES string of the molecule is CC1(NS(=O)(=O)c2ccccc2C(=O)O)COC1. The van der Waals surface area contributed by atoms with Gasteiger partial charge in [-0.05, 0) is 19.1 Å². The zero-order valence-corrected chi connectivity index (χ0v) is 10.5. The fourth-order valence-corrected chi connectivity index (χ4v) is 3.30. The summed E-state index contributed by atoms with van der Waals surface area (Å²) in [5, 5.41) is 8.98. The second-order valence-electron chi connectivity index (χ2n) is 4.46. The lowest BCUT2D eigenvalue weighted by molar-refractivity contribution is -0.0523. The standard InChI is InChI=1S/C11H13NO5S/c1-11(6-17-7-11)12-18(15,16)9-5-3-2-4-8(9)10(13)14/h2-5,12H,6-7H2,1H3,(H,13,14). The summed E-state index contributed by atoms with van der Waals surface area (Å²) in [5.41, 5.74) is -0.904. The van der Waals surface area contributed by atoms with Crippen molar-refractivity contribution in [2.24, 2.45) is 0 Å². The van der Waals surface area contributed by atoms with E-state index in [1.165, 1.54) is 24.3 Å².